The molecule has 3 rings (SSSR count). The van der Waals surface area contributed by atoms with Crippen molar-refractivity contribution < 1.29 is 14.4 Å². The first-order valence-corrected chi connectivity index (χ1v) is 10.6. The van der Waals surface area contributed by atoms with Crippen LogP contribution in [0.15, 0.2) is 42.5 Å². The zero-order valence-electron chi connectivity index (χ0n) is 18.0. The van der Waals surface area contributed by atoms with Crippen molar-refractivity contribution in [1.29, 1.82) is 0 Å². The van der Waals surface area contributed by atoms with Gasteiger partial charge in [-0.2, -0.15) is 0 Å². The van der Waals surface area contributed by atoms with E-state index < -0.39 is 0 Å². The second kappa shape index (κ2) is 9.70. The number of nitrogens with zero attached hydrogens (tertiary/aromatic N) is 1. The fraction of sp³-hybridized carbons (Fsp3) is 0.400. The summed E-state index contributed by atoms with van der Waals surface area (Å²) in [6.07, 6.45) is 1.92. The van der Waals surface area contributed by atoms with E-state index in [0.717, 1.165) is 24.0 Å². The van der Waals surface area contributed by atoms with Gasteiger partial charge in [-0.3, -0.25) is 14.4 Å². The first-order valence-electron chi connectivity index (χ1n) is 10.6. The van der Waals surface area contributed by atoms with E-state index in [4.69, 9.17) is 0 Å². The van der Waals surface area contributed by atoms with Crippen LogP contribution < -0.4 is 5.32 Å². The molecule has 2 aromatic rings. The van der Waals surface area contributed by atoms with E-state index in [0.29, 0.717) is 24.2 Å². The zero-order chi connectivity index (χ0) is 21.7. The quantitative estimate of drug-likeness (QED) is 0.738. The molecule has 1 aliphatic heterocycles. The summed E-state index contributed by atoms with van der Waals surface area (Å²) in [5.41, 5.74) is 4.70. The van der Waals surface area contributed by atoms with Crippen molar-refractivity contribution in [3.8, 4) is 0 Å². The van der Waals surface area contributed by atoms with Gasteiger partial charge in [0.2, 0.25) is 5.91 Å². The van der Waals surface area contributed by atoms with Crippen molar-refractivity contribution in [3.63, 3.8) is 0 Å². The van der Waals surface area contributed by atoms with E-state index >= 15 is 0 Å². The Morgan fingerprint density at radius 2 is 1.50 bits per heavy atom. The molecule has 0 aliphatic carbocycles. The molecule has 0 atom stereocenters. The molecule has 5 nitrogen and oxygen atoms in total. The van der Waals surface area contributed by atoms with Crippen LogP contribution in [0.1, 0.15) is 63.1 Å². The number of amides is 2. The lowest BCUT2D eigenvalue weighted by atomic mass is 10.0. The number of carbonyl (C=O) groups is 3. The van der Waals surface area contributed by atoms with Gasteiger partial charge in [-0.1, -0.05) is 35.9 Å². The number of hydrogen-bond acceptors (Lipinski definition) is 3. The Morgan fingerprint density at radius 1 is 0.867 bits per heavy atom. The summed E-state index contributed by atoms with van der Waals surface area (Å²) in [6, 6.07) is 13.2. The summed E-state index contributed by atoms with van der Waals surface area (Å²) >= 11 is 0. The van der Waals surface area contributed by atoms with Gasteiger partial charge < -0.3 is 10.2 Å². The van der Waals surface area contributed by atoms with Gasteiger partial charge in [0, 0.05) is 43.1 Å². The molecule has 30 heavy (non-hydrogen) atoms. The van der Waals surface area contributed by atoms with Crippen LogP contribution in [0.4, 0.5) is 0 Å². The van der Waals surface area contributed by atoms with Gasteiger partial charge in [0.15, 0.2) is 5.78 Å². The van der Waals surface area contributed by atoms with Crippen molar-refractivity contribution in [2.45, 2.75) is 52.5 Å². The maximum absolute atomic E-state index is 12.5. The van der Waals surface area contributed by atoms with E-state index in [1.54, 1.807) is 4.90 Å². The second-order valence-corrected chi connectivity index (χ2v) is 8.22. The van der Waals surface area contributed by atoms with Gasteiger partial charge in [-0.25, -0.2) is 0 Å². The fourth-order valence-electron chi connectivity index (χ4n) is 3.69. The molecule has 2 amide bonds. The number of likely N-dealkylation sites (tertiary alicyclic amines) is 1. The number of rotatable bonds is 6. The van der Waals surface area contributed by atoms with Crippen LogP contribution in [-0.4, -0.2) is 41.6 Å². The van der Waals surface area contributed by atoms with Crippen LogP contribution in [0.2, 0.25) is 0 Å². The lowest BCUT2D eigenvalue weighted by Gasteiger charge is -2.32. The minimum absolute atomic E-state index is 0.00103. The van der Waals surface area contributed by atoms with Gasteiger partial charge in [0.05, 0.1) is 0 Å². The van der Waals surface area contributed by atoms with Crippen LogP contribution in [0.25, 0.3) is 0 Å². The lowest BCUT2D eigenvalue weighted by Crippen LogP contribution is -2.46. The highest BCUT2D eigenvalue weighted by atomic mass is 16.2. The Bertz CT molecular complexity index is 926. The number of nitrogens with one attached hydrogen (secondary N) is 1. The summed E-state index contributed by atoms with van der Waals surface area (Å²) in [5.74, 6) is -0.0557. The van der Waals surface area contributed by atoms with Crippen LogP contribution in [0.5, 0.6) is 0 Å². The molecule has 1 fully saturated rings. The molecule has 2 aromatic carbocycles. The van der Waals surface area contributed by atoms with E-state index in [9.17, 15) is 14.4 Å². The fourth-order valence-corrected chi connectivity index (χ4v) is 3.69. The first-order chi connectivity index (χ1) is 14.3. The molecule has 0 bridgehead atoms. The van der Waals surface area contributed by atoms with Gasteiger partial charge in [-0.05, 0) is 56.9 Å². The average molecular weight is 407 g/mol. The first kappa shape index (κ1) is 21.8. The van der Waals surface area contributed by atoms with Crippen molar-refractivity contribution in [2.75, 3.05) is 13.1 Å². The molecular formula is C25H30N2O3. The maximum Gasteiger partial charge on any atom is 0.251 e. The number of carbonyl (C=O) groups excluding carboxylic acids is 3. The van der Waals surface area contributed by atoms with E-state index in [2.05, 4.69) is 5.32 Å². The van der Waals surface area contributed by atoms with E-state index in [1.807, 2.05) is 63.2 Å². The minimum Gasteiger partial charge on any atom is -0.349 e. The molecule has 1 saturated heterocycles. The van der Waals surface area contributed by atoms with Crippen LogP contribution in [0, 0.1) is 20.8 Å². The Morgan fingerprint density at radius 3 is 2.13 bits per heavy atom. The monoisotopic (exact) mass is 406 g/mol. The van der Waals surface area contributed by atoms with Gasteiger partial charge >= 0.3 is 0 Å². The number of benzene rings is 2. The highest BCUT2D eigenvalue weighted by Gasteiger charge is 2.24. The third-order valence-corrected chi connectivity index (χ3v) is 5.89. The molecule has 0 spiro atoms. The van der Waals surface area contributed by atoms with E-state index in [1.165, 1.54) is 5.56 Å². The Hall–Kier alpha value is -2.95. The van der Waals surface area contributed by atoms with Crippen molar-refractivity contribution in [1.82, 2.24) is 10.2 Å². The van der Waals surface area contributed by atoms with Crippen molar-refractivity contribution in [3.05, 3.63) is 70.3 Å². The average Bonchev–Trinajstić information content (AvgIpc) is 2.74. The molecule has 1 heterocycles. The van der Waals surface area contributed by atoms with Gasteiger partial charge in [0.1, 0.15) is 0 Å². The van der Waals surface area contributed by atoms with Crippen molar-refractivity contribution in [2.24, 2.45) is 0 Å². The normalized spacial score (nSPS) is 14.4. The molecule has 158 valence electrons. The van der Waals surface area contributed by atoms with E-state index in [-0.39, 0.29) is 36.5 Å². The molecule has 0 radical (unpaired) electrons. The summed E-state index contributed by atoms with van der Waals surface area (Å²) in [6.45, 7) is 7.22. The highest BCUT2D eigenvalue weighted by molar-refractivity contribution is 5.98. The predicted molar refractivity (Wildman–Crippen MR) is 118 cm³/mol. The minimum atomic E-state index is -0.0634. The third kappa shape index (κ3) is 5.56. The molecule has 1 N–H and O–H groups in total. The number of ketones is 1. The zero-order valence-corrected chi connectivity index (χ0v) is 18.0. The largest absolute Gasteiger partial charge is 0.349 e. The third-order valence-electron chi connectivity index (χ3n) is 5.89. The Kier molecular flexibility index (Phi) is 7.03. The van der Waals surface area contributed by atoms with Crippen molar-refractivity contribution >= 4 is 17.6 Å². The molecule has 5 heteroatoms. The summed E-state index contributed by atoms with van der Waals surface area (Å²) in [5, 5.41) is 3.09. The molecule has 0 saturated carbocycles. The highest BCUT2D eigenvalue weighted by Crippen LogP contribution is 2.15. The number of piperidine rings is 1. The Balaban J connectivity index is 1.43. The number of Topliss-reactive ketones (excluding diaryl/α,β-unsaturated/α-hetero) is 1. The summed E-state index contributed by atoms with van der Waals surface area (Å²) in [4.78, 5) is 39.1. The van der Waals surface area contributed by atoms with Crippen LogP contribution in [-0.2, 0) is 4.79 Å². The predicted octanol–water partition coefficient (Wildman–Crippen LogP) is 4.00. The second-order valence-electron chi connectivity index (χ2n) is 8.22. The smallest absolute Gasteiger partial charge is 0.251 e. The maximum atomic E-state index is 12.5. The number of hydrogen-bond donors (Lipinski definition) is 1. The Labute approximate surface area is 178 Å². The van der Waals surface area contributed by atoms with Crippen LogP contribution in [0.3, 0.4) is 0 Å². The molecule has 1 aliphatic rings. The standard InChI is InChI=1S/C25H30N2O3/c1-17-4-7-20(8-5-17)23(28)10-11-24(29)27-14-12-22(13-15-27)26-25(30)21-9-6-18(2)19(3)16-21/h4-9,16,22H,10-15H2,1-3H3,(H,26,30). The molecule has 0 aromatic heterocycles. The van der Waals surface area contributed by atoms with Crippen LogP contribution >= 0.6 is 0 Å². The summed E-state index contributed by atoms with van der Waals surface area (Å²) < 4.78 is 0. The van der Waals surface area contributed by atoms with Gasteiger partial charge in [0.25, 0.3) is 5.91 Å². The topological polar surface area (TPSA) is 66.5 Å². The molecule has 0 unspecified atom stereocenters. The van der Waals surface area contributed by atoms with Gasteiger partial charge in [-0.15, -0.1) is 0 Å². The number of aryl methyl sites for hydroxylation is 3. The SMILES string of the molecule is Cc1ccc(C(=O)CCC(=O)N2CCC(NC(=O)c3ccc(C)c(C)c3)CC2)cc1. The molecular weight excluding hydrogens is 376 g/mol. The summed E-state index contributed by atoms with van der Waals surface area (Å²) in [7, 11) is 0. The lowest BCUT2D eigenvalue weighted by molar-refractivity contribution is -0.132.